The number of carbonyl (C=O) groups is 3. The van der Waals surface area contributed by atoms with E-state index >= 15 is 0 Å². The van der Waals surface area contributed by atoms with E-state index in [1.54, 1.807) is 41.3 Å². The number of methoxy groups -OCH3 is 2. The maximum atomic E-state index is 13.7. The summed E-state index contributed by atoms with van der Waals surface area (Å²) in [5.74, 6) is -0.0897. The normalized spacial score (nSPS) is 18.5. The second-order valence-corrected chi connectivity index (χ2v) is 8.97. The minimum atomic E-state index is -0.744. The fourth-order valence-corrected chi connectivity index (χ4v) is 5.29. The molecule has 3 amide bonds. The Morgan fingerprint density at radius 3 is 2.63 bits per heavy atom. The zero-order valence-electron chi connectivity index (χ0n) is 20.0. The number of nitrogens with one attached hydrogen (secondary N) is 1. The molecule has 2 heterocycles. The summed E-state index contributed by atoms with van der Waals surface area (Å²) < 4.78 is 10.9. The van der Waals surface area contributed by atoms with Crippen LogP contribution in [0, 0.1) is 0 Å². The van der Waals surface area contributed by atoms with E-state index in [0.29, 0.717) is 40.4 Å². The number of nitrogens with zero attached hydrogens (tertiary/aromatic N) is 2. The minimum Gasteiger partial charge on any atom is -0.493 e. The van der Waals surface area contributed by atoms with Crippen LogP contribution in [0.4, 0.5) is 5.69 Å². The SMILES string of the molecule is COc1ccc2c(c1OC)C(=O)N1c3ccccc3C(=O)N(CC(=O)NCCC3=CCCCC3)[C@@H]21. The van der Waals surface area contributed by atoms with E-state index in [2.05, 4.69) is 11.4 Å². The standard InChI is InChI=1S/C27H29N3O5/c1-34-21-13-12-19-23(24(21)35-2)27(33)30-20-11-7-6-10-18(20)26(32)29(25(19)30)16-22(31)28-15-14-17-8-4-3-5-9-17/h6-8,10-13,25H,3-5,9,14-16H2,1-2H3,(H,28,31)/t25-/m1/s1. The second kappa shape index (κ2) is 9.44. The quantitative estimate of drug-likeness (QED) is 0.615. The molecule has 0 fully saturated rings. The summed E-state index contributed by atoms with van der Waals surface area (Å²) >= 11 is 0. The highest BCUT2D eigenvalue weighted by Gasteiger charge is 2.50. The highest BCUT2D eigenvalue weighted by molar-refractivity contribution is 6.18. The van der Waals surface area contributed by atoms with Crippen molar-refractivity contribution in [3.8, 4) is 11.5 Å². The lowest BCUT2D eigenvalue weighted by atomic mass is 9.97. The van der Waals surface area contributed by atoms with Gasteiger partial charge in [0.2, 0.25) is 5.91 Å². The van der Waals surface area contributed by atoms with E-state index in [-0.39, 0.29) is 24.3 Å². The highest BCUT2D eigenvalue weighted by atomic mass is 16.5. The van der Waals surface area contributed by atoms with Crippen molar-refractivity contribution in [2.24, 2.45) is 0 Å². The lowest BCUT2D eigenvalue weighted by Gasteiger charge is -2.40. The van der Waals surface area contributed by atoms with Crippen molar-refractivity contribution < 1.29 is 23.9 Å². The summed E-state index contributed by atoms with van der Waals surface area (Å²) in [7, 11) is 2.99. The summed E-state index contributed by atoms with van der Waals surface area (Å²) in [6, 6.07) is 10.5. The average Bonchev–Trinajstić information content (AvgIpc) is 3.19. The van der Waals surface area contributed by atoms with Gasteiger partial charge in [0.05, 0.1) is 31.0 Å². The summed E-state index contributed by atoms with van der Waals surface area (Å²) in [5.41, 5.74) is 3.23. The Kier molecular flexibility index (Phi) is 6.19. The number of carbonyl (C=O) groups excluding carboxylic acids is 3. The van der Waals surface area contributed by atoms with Crippen molar-refractivity contribution in [3.63, 3.8) is 0 Å². The topological polar surface area (TPSA) is 88.2 Å². The number of benzene rings is 2. The first-order chi connectivity index (χ1) is 17.0. The fraction of sp³-hybridized carbons (Fsp3) is 0.370. The smallest absolute Gasteiger partial charge is 0.264 e. The van der Waals surface area contributed by atoms with E-state index in [1.165, 1.54) is 37.5 Å². The van der Waals surface area contributed by atoms with Gasteiger partial charge in [-0.3, -0.25) is 19.3 Å². The molecule has 0 saturated carbocycles. The lowest BCUT2D eigenvalue weighted by molar-refractivity contribution is -0.122. The molecule has 3 aliphatic rings. The van der Waals surface area contributed by atoms with Crippen molar-refractivity contribution in [1.29, 1.82) is 0 Å². The van der Waals surface area contributed by atoms with Gasteiger partial charge in [-0.1, -0.05) is 29.8 Å². The van der Waals surface area contributed by atoms with Gasteiger partial charge >= 0.3 is 0 Å². The Bertz CT molecular complexity index is 1220. The van der Waals surface area contributed by atoms with Crippen molar-refractivity contribution in [3.05, 3.63) is 64.7 Å². The lowest BCUT2D eigenvalue weighted by Crippen LogP contribution is -2.51. The molecule has 0 unspecified atom stereocenters. The number of fused-ring (bicyclic) bond motifs is 5. The van der Waals surface area contributed by atoms with E-state index in [9.17, 15) is 14.4 Å². The molecule has 0 saturated heterocycles. The van der Waals surface area contributed by atoms with Crippen LogP contribution in [0.1, 0.15) is 64.5 Å². The Hall–Kier alpha value is -3.81. The summed E-state index contributed by atoms with van der Waals surface area (Å²) in [5, 5.41) is 2.96. The first-order valence-corrected chi connectivity index (χ1v) is 12.0. The molecule has 0 spiro atoms. The Labute approximate surface area is 204 Å². The molecule has 182 valence electrons. The van der Waals surface area contributed by atoms with E-state index in [4.69, 9.17) is 9.47 Å². The number of anilines is 1. The first-order valence-electron chi connectivity index (χ1n) is 12.0. The van der Waals surface area contributed by atoms with Crippen molar-refractivity contribution in [2.75, 3.05) is 32.2 Å². The van der Waals surface area contributed by atoms with Gasteiger partial charge in [0, 0.05) is 12.1 Å². The predicted molar refractivity (Wildman–Crippen MR) is 131 cm³/mol. The third-order valence-electron chi connectivity index (χ3n) is 6.95. The summed E-state index contributed by atoms with van der Waals surface area (Å²) in [4.78, 5) is 43.2. The molecular formula is C27H29N3O5. The molecule has 1 atom stereocenters. The molecule has 1 aliphatic carbocycles. The molecule has 2 aliphatic heterocycles. The number of amides is 3. The van der Waals surface area contributed by atoms with Gasteiger partial charge in [0.1, 0.15) is 12.7 Å². The third kappa shape index (κ3) is 3.92. The monoisotopic (exact) mass is 475 g/mol. The van der Waals surface area contributed by atoms with Crippen molar-refractivity contribution >= 4 is 23.4 Å². The second-order valence-electron chi connectivity index (χ2n) is 8.97. The highest BCUT2D eigenvalue weighted by Crippen LogP contribution is 2.49. The number of rotatable bonds is 7. The van der Waals surface area contributed by atoms with Crippen LogP contribution >= 0.6 is 0 Å². The molecule has 0 aromatic heterocycles. The minimum absolute atomic E-state index is 0.158. The van der Waals surface area contributed by atoms with Crippen molar-refractivity contribution in [1.82, 2.24) is 10.2 Å². The van der Waals surface area contributed by atoms with Gasteiger partial charge in [0.25, 0.3) is 11.8 Å². The van der Waals surface area contributed by atoms with Gasteiger partial charge < -0.3 is 19.7 Å². The Morgan fingerprint density at radius 1 is 1.06 bits per heavy atom. The molecule has 2 aromatic carbocycles. The molecule has 2 aromatic rings. The van der Waals surface area contributed by atoms with Gasteiger partial charge in [-0.15, -0.1) is 0 Å². The van der Waals surface area contributed by atoms with Crippen LogP contribution in [-0.2, 0) is 4.79 Å². The summed E-state index contributed by atoms with van der Waals surface area (Å²) in [6.45, 7) is 0.368. The molecule has 5 rings (SSSR count). The molecule has 8 nitrogen and oxygen atoms in total. The zero-order chi connectivity index (χ0) is 24.5. The Balaban J connectivity index is 1.46. The maximum Gasteiger partial charge on any atom is 0.264 e. The van der Waals surface area contributed by atoms with Gasteiger partial charge in [0.15, 0.2) is 11.5 Å². The average molecular weight is 476 g/mol. The van der Waals surface area contributed by atoms with Gasteiger partial charge in [-0.2, -0.15) is 0 Å². The van der Waals surface area contributed by atoms with E-state index in [1.807, 2.05) is 0 Å². The summed E-state index contributed by atoms with van der Waals surface area (Å²) in [6.07, 6.45) is 6.94. The largest absolute Gasteiger partial charge is 0.493 e. The third-order valence-corrected chi connectivity index (χ3v) is 6.95. The molecule has 0 bridgehead atoms. The number of para-hydroxylation sites is 1. The molecule has 35 heavy (non-hydrogen) atoms. The molecular weight excluding hydrogens is 446 g/mol. The number of hydrogen-bond acceptors (Lipinski definition) is 5. The molecule has 8 heteroatoms. The van der Waals surface area contributed by atoms with Crippen LogP contribution in [-0.4, -0.2) is 49.9 Å². The number of allylic oxidation sites excluding steroid dienone is 1. The van der Waals surface area contributed by atoms with Crippen LogP contribution in [0.3, 0.4) is 0 Å². The van der Waals surface area contributed by atoms with E-state index in [0.717, 1.165) is 19.3 Å². The number of hydrogen-bond donors (Lipinski definition) is 1. The first kappa shape index (κ1) is 23.0. The van der Waals surface area contributed by atoms with Crippen LogP contribution in [0.15, 0.2) is 48.0 Å². The predicted octanol–water partition coefficient (Wildman–Crippen LogP) is 3.83. The zero-order valence-corrected chi connectivity index (χ0v) is 20.0. The number of ether oxygens (including phenoxy) is 2. The molecule has 0 radical (unpaired) electrons. The molecule has 1 N–H and O–H groups in total. The maximum absolute atomic E-state index is 13.7. The van der Waals surface area contributed by atoms with Crippen LogP contribution in [0.5, 0.6) is 11.5 Å². The van der Waals surface area contributed by atoms with Crippen LogP contribution < -0.4 is 19.7 Å². The van der Waals surface area contributed by atoms with Crippen molar-refractivity contribution in [2.45, 2.75) is 38.3 Å². The van der Waals surface area contributed by atoms with Gasteiger partial charge in [-0.25, -0.2) is 0 Å². The fourth-order valence-electron chi connectivity index (χ4n) is 5.29. The Morgan fingerprint density at radius 2 is 1.89 bits per heavy atom. The van der Waals surface area contributed by atoms with Gasteiger partial charge in [-0.05, 0) is 50.3 Å². The van der Waals surface area contributed by atoms with E-state index < -0.39 is 6.17 Å². The van der Waals surface area contributed by atoms with Crippen LogP contribution in [0.25, 0.3) is 0 Å². The van der Waals surface area contributed by atoms with Crippen LogP contribution in [0.2, 0.25) is 0 Å².